The summed E-state index contributed by atoms with van der Waals surface area (Å²) in [7, 11) is 0. The molecule has 7 rings (SSSR count). The summed E-state index contributed by atoms with van der Waals surface area (Å²) < 4.78 is 262. The maximum absolute atomic E-state index is 9.72. The average Bonchev–Trinajstić information content (AvgIpc) is 3.75. The molecular formula is C35H30N2. The van der Waals surface area contributed by atoms with Crippen LogP contribution in [-0.4, -0.2) is 9.13 Å². The number of para-hydroxylation sites is 3. The summed E-state index contributed by atoms with van der Waals surface area (Å²) in [5.41, 5.74) is -11.3. The summed E-state index contributed by atoms with van der Waals surface area (Å²) in [6.45, 7) is -12.8. The molecule has 2 aromatic heterocycles. The molecular weight excluding hydrogens is 448 g/mol. The largest absolute Gasteiger partial charge is 0.309 e. The minimum atomic E-state index is -4.41. The maximum atomic E-state index is 9.72. The molecule has 0 bridgehead atoms. The van der Waals surface area contributed by atoms with Crippen LogP contribution in [0.15, 0.2) is 115 Å². The number of hydrogen-bond acceptors (Lipinski definition) is 0. The highest BCUT2D eigenvalue weighted by molar-refractivity contribution is 6.10. The van der Waals surface area contributed by atoms with Crippen molar-refractivity contribution < 1.29 is 41.1 Å². The third kappa shape index (κ3) is 3.25. The second kappa shape index (κ2) is 8.11. The summed E-state index contributed by atoms with van der Waals surface area (Å²) in [6, 6.07) is -20.7. The summed E-state index contributed by atoms with van der Waals surface area (Å²) in [5, 5.41) is -3.02. The van der Waals surface area contributed by atoms with Gasteiger partial charge in [0.1, 0.15) is 0 Å². The molecule has 0 spiro atoms. The van der Waals surface area contributed by atoms with Gasteiger partial charge in [0.2, 0.25) is 0 Å². The number of aromatic nitrogens is 2. The smallest absolute Gasteiger partial charge is 0.0667 e. The van der Waals surface area contributed by atoms with Crippen molar-refractivity contribution in [3.05, 3.63) is 120 Å². The zero-order valence-corrected chi connectivity index (χ0v) is 18.4. The lowest BCUT2D eigenvalue weighted by atomic mass is 9.82. The van der Waals surface area contributed by atoms with E-state index in [4.69, 9.17) is 34.3 Å². The van der Waals surface area contributed by atoms with E-state index in [1.54, 1.807) is 0 Å². The Morgan fingerprint density at radius 2 is 1.11 bits per heavy atom. The first-order valence-corrected chi connectivity index (χ1v) is 10.6. The maximum Gasteiger partial charge on any atom is 0.0667 e. The Labute approximate surface area is 259 Å². The zero-order chi connectivity index (χ0) is 51.0. The van der Waals surface area contributed by atoms with Gasteiger partial charge in [-0.1, -0.05) is 87.0 Å². The van der Waals surface area contributed by atoms with Crippen molar-refractivity contribution in [3.8, 4) is 11.4 Å². The molecule has 180 valence electrons. The molecule has 2 nitrogen and oxygen atoms in total. The monoisotopic (exact) mass is 508 g/mol. The van der Waals surface area contributed by atoms with Gasteiger partial charge in [-0.3, -0.25) is 0 Å². The third-order valence-corrected chi connectivity index (χ3v) is 5.80. The van der Waals surface area contributed by atoms with E-state index >= 15 is 0 Å². The molecule has 2 heterocycles. The lowest BCUT2D eigenvalue weighted by Crippen LogP contribution is -2.15. The minimum Gasteiger partial charge on any atom is -0.309 e. The Morgan fingerprint density at radius 1 is 0.595 bits per heavy atom. The molecule has 7 aromatic rings. The summed E-state index contributed by atoms with van der Waals surface area (Å²) in [5.74, 6) is 0. The van der Waals surface area contributed by atoms with Crippen LogP contribution in [0.4, 0.5) is 0 Å². The van der Waals surface area contributed by atoms with E-state index in [-0.39, 0.29) is 0 Å². The van der Waals surface area contributed by atoms with Crippen molar-refractivity contribution in [2.24, 2.45) is 0 Å². The molecule has 0 unspecified atom stereocenters. The third-order valence-electron chi connectivity index (χ3n) is 5.80. The van der Waals surface area contributed by atoms with Gasteiger partial charge in [0, 0.05) is 48.0 Å². The van der Waals surface area contributed by atoms with Crippen LogP contribution in [0, 0.1) is 0 Å². The topological polar surface area (TPSA) is 9.86 Å². The van der Waals surface area contributed by atoms with Crippen molar-refractivity contribution >= 4 is 43.6 Å². The van der Waals surface area contributed by atoms with E-state index < -0.39 is 208 Å². The molecule has 0 N–H and O–H groups in total. The predicted octanol–water partition coefficient (Wildman–Crippen LogP) is 9.57. The lowest BCUT2D eigenvalue weighted by molar-refractivity contribution is 0.507. The van der Waals surface area contributed by atoms with Crippen LogP contribution in [0.25, 0.3) is 55.0 Å². The van der Waals surface area contributed by atoms with E-state index in [9.17, 15) is 6.85 Å². The van der Waals surface area contributed by atoms with E-state index in [1.807, 2.05) is 0 Å². The van der Waals surface area contributed by atoms with Gasteiger partial charge in [-0.05, 0) is 65.7 Å². The van der Waals surface area contributed by atoms with Gasteiger partial charge >= 0.3 is 0 Å². The lowest BCUT2D eigenvalue weighted by Gasteiger charge is -2.23. The highest BCUT2D eigenvalue weighted by Gasteiger charge is 2.21. The van der Waals surface area contributed by atoms with Crippen LogP contribution < -0.4 is 0 Å². The van der Waals surface area contributed by atoms with E-state index in [2.05, 4.69) is 0 Å². The van der Waals surface area contributed by atoms with Crippen LogP contribution >= 0.6 is 0 Å². The highest BCUT2D eigenvalue weighted by Crippen LogP contribution is 2.37. The molecule has 0 aliphatic heterocycles. The first-order chi connectivity index (χ1) is 30.4. The molecule has 5 aromatic carbocycles. The highest BCUT2D eigenvalue weighted by atomic mass is 15.0. The van der Waals surface area contributed by atoms with Crippen LogP contribution in [0.5, 0.6) is 0 Å². The standard InChI is InChI=1S/C35H30N2/c1-4-35(2,3)24-20-21-34-30(22-24)29-16-7-10-19-33(29)37(34)26-13-11-12-25(23-26)36-31-17-8-5-14-27(31)28-15-6-9-18-32(28)36/h5-23H,4H2,1-3H3/i1D3,2D3,3D3,4D2,5D,6D,7D,8D,9D,10D,11D,12D,13D,14D,15D,16D,17D,18D,19D,20D,21D,22D,23D. The van der Waals surface area contributed by atoms with Crippen LogP contribution in [-0.2, 0) is 5.41 Å². The SMILES string of the molecule is [2H]c1c([2H])c(-n2c3c([2H])c([2H])c([2H])c([2H])c3c3c([2H])c([2H])c([2H])c([2H])c32)c([2H])c(-n2c3c([2H])c([2H])c([2H])c([2H])c3c3c([2H])c(C(C([2H])([2H])[2H])(C([2H])([2H])[2H])C([2H])([2H])C([2H])([2H])[2H])c([2H])c([2H])c32)c1[2H]. The number of nitrogens with zero attached hydrogens (tertiary/aromatic N) is 2. The van der Waals surface area contributed by atoms with Gasteiger partial charge in [-0.15, -0.1) is 0 Å². The van der Waals surface area contributed by atoms with Crippen molar-refractivity contribution in [2.45, 2.75) is 32.3 Å². The Balaban J connectivity index is 1.85. The fourth-order valence-corrected chi connectivity index (χ4v) is 4.18. The van der Waals surface area contributed by atoms with E-state index in [0.717, 1.165) is 0 Å². The van der Waals surface area contributed by atoms with Gasteiger partial charge in [0.05, 0.1) is 48.1 Å². The predicted molar refractivity (Wildman–Crippen MR) is 158 cm³/mol. The summed E-state index contributed by atoms with van der Waals surface area (Å²) >= 11 is 0. The molecule has 0 radical (unpaired) electrons. The fourth-order valence-electron chi connectivity index (χ4n) is 4.18. The van der Waals surface area contributed by atoms with Gasteiger partial charge in [-0.2, -0.15) is 0 Å². The number of fused-ring (bicyclic) bond motifs is 6. The van der Waals surface area contributed by atoms with Crippen molar-refractivity contribution in [3.63, 3.8) is 0 Å². The first-order valence-electron chi connectivity index (χ1n) is 25.6. The molecule has 0 aliphatic rings. The van der Waals surface area contributed by atoms with E-state index in [0.29, 0.717) is 9.13 Å². The Hall–Kier alpha value is -4.30. The quantitative estimate of drug-likeness (QED) is 0.224. The van der Waals surface area contributed by atoms with Gasteiger partial charge in [-0.25, -0.2) is 0 Å². The molecule has 0 fully saturated rings. The normalized spacial score (nSPS) is 25.3. The Bertz CT molecular complexity index is 3290. The Kier molecular flexibility index (Phi) is 1.53. The molecule has 0 atom stereocenters. The van der Waals surface area contributed by atoms with Crippen LogP contribution in [0.1, 0.15) is 73.6 Å². The minimum absolute atomic E-state index is 0.486. The number of rotatable bonds is 4. The zero-order valence-electron chi connectivity index (χ0n) is 48.4. The van der Waals surface area contributed by atoms with Gasteiger partial charge < -0.3 is 9.13 Å². The number of hydrogen-bond donors (Lipinski definition) is 0. The summed E-state index contributed by atoms with van der Waals surface area (Å²) in [4.78, 5) is 0. The number of benzene rings is 5. The van der Waals surface area contributed by atoms with E-state index in [1.165, 1.54) is 0 Å². The second-order valence-electron chi connectivity index (χ2n) is 7.89. The second-order valence-corrected chi connectivity index (χ2v) is 7.89. The molecule has 0 amide bonds. The molecule has 0 saturated heterocycles. The first kappa shape index (κ1) is 6.96. The van der Waals surface area contributed by atoms with Gasteiger partial charge in [0.15, 0.2) is 0 Å². The van der Waals surface area contributed by atoms with Crippen LogP contribution in [0.2, 0.25) is 0 Å². The molecule has 0 aliphatic carbocycles. The van der Waals surface area contributed by atoms with Crippen LogP contribution in [0.3, 0.4) is 0 Å². The van der Waals surface area contributed by atoms with Crippen molar-refractivity contribution in [2.75, 3.05) is 0 Å². The Morgan fingerprint density at radius 3 is 1.65 bits per heavy atom. The molecule has 0 saturated carbocycles. The molecule has 37 heavy (non-hydrogen) atoms. The molecule has 2 heteroatoms. The fraction of sp³-hybridized carbons (Fsp3) is 0.143. The van der Waals surface area contributed by atoms with Crippen molar-refractivity contribution in [1.82, 2.24) is 9.13 Å². The average molecular weight is 509 g/mol. The van der Waals surface area contributed by atoms with Gasteiger partial charge in [0.25, 0.3) is 0 Å². The van der Waals surface area contributed by atoms with Crippen molar-refractivity contribution in [1.29, 1.82) is 0 Å². The summed E-state index contributed by atoms with van der Waals surface area (Å²) in [6.07, 6.45) is -4.41.